The highest BCUT2D eigenvalue weighted by Gasteiger charge is 2.07. The highest BCUT2D eigenvalue weighted by atomic mass is 15.1. The van der Waals surface area contributed by atoms with Crippen molar-refractivity contribution in [3.63, 3.8) is 0 Å². The molecular weight excluding hydrogens is 148 g/mol. The normalized spacial score (nSPS) is 18.1. The van der Waals surface area contributed by atoms with Crippen molar-refractivity contribution in [2.45, 2.75) is 45.6 Å². The SMILES string of the molecule is Cc1cn2c(n1)CCCCCC2. The van der Waals surface area contributed by atoms with Crippen molar-refractivity contribution in [3.05, 3.63) is 17.7 Å². The van der Waals surface area contributed by atoms with Gasteiger partial charge in [-0.1, -0.05) is 12.8 Å². The Morgan fingerprint density at radius 1 is 1.25 bits per heavy atom. The smallest absolute Gasteiger partial charge is 0.108 e. The Bertz CT molecular complexity index is 237. The van der Waals surface area contributed by atoms with Gasteiger partial charge in [0.1, 0.15) is 5.82 Å². The maximum Gasteiger partial charge on any atom is 0.108 e. The second-order valence-electron chi connectivity index (χ2n) is 3.66. The van der Waals surface area contributed by atoms with E-state index in [0.717, 1.165) is 0 Å². The van der Waals surface area contributed by atoms with Gasteiger partial charge in [-0.25, -0.2) is 4.98 Å². The third-order valence-corrected chi connectivity index (χ3v) is 2.53. The van der Waals surface area contributed by atoms with E-state index in [4.69, 9.17) is 0 Å². The van der Waals surface area contributed by atoms with Crippen LogP contribution in [0.25, 0.3) is 0 Å². The minimum Gasteiger partial charge on any atom is -0.335 e. The minimum atomic E-state index is 1.17. The van der Waals surface area contributed by atoms with Gasteiger partial charge in [0.2, 0.25) is 0 Å². The fourth-order valence-electron chi connectivity index (χ4n) is 1.91. The number of hydrogen-bond acceptors (Lipinski definition) is 1. The van der Waals surface area contributed by atoms with Crippen molar-refractivity contribution in [1.82, 2.24) is 9.55 Å². The largest absolute Gasteiger partial charge is 0.335 e. The molecule has 2 nitrogen and oxygen atoms in total. The van der Waals surface area contributed by atoms with Gasteiger partial charge in [-0.3, -0.25) is 0 Å². The molecule has 1 aliphatic heterocycles. The van der Waals surface area contributed by atoms with E-state index in [0.29, 0.717) is 0 Å². The van der Waals surface area contributed by atoms with E-state index in [1.165, 1.54) is 50.2 Å². The van der Waals surface area contributed by atoms with E-state index >= 15 is 0 Å². The Labute approximate surface area is 73.6 Å². The van der Waals surface area contributed by atoms with Crippen LogP contribution in [0.1, 0.15) is 37.2 Å². The van der Waals surface area contributed by atoms with Crippen LogP contribution in [0.4, 0.5) is 0 Å². The molecule has 1 aliphatic rings. The van der Waals surface area contributed by atoms with Gasteiger partial charge in [0.05, 0.1) is 5.69 Å². The van der Waals surface area contributed by atoms with Gasteiger partial charge in [-0.05, 0) is 19.8 Å². The van der Waals surface area contributed by atoms with Gasteiger partial charge in [0.25, 0.3) is 0 Å². The standard InChI is InChI=1S/C10H16N2/c1-9-8-12-7-5-3-2-4-6-10(12)11-9/h8H,2-7H2,1H3. The van der Waals surface area contributed by atoms with Gasteiger partial charge < -0.3 is 4.57 Å². The molecule has 0 radical (unpaired) electrons. The zero-order valence-corrected chi connectivity index (χ0v) is 7.71. The van der Waals surface area contributed by atoms with Crippen LogP contribution in [0, 0.1) is 6.92 Å². The van der Waals surface area contributed by atoms with Crippen LogP contribution in [0.15, 0.2) is 6.20 Å². The van der Waals surface area contributed by atoms with Gasteiger partial charge >= 0.3 is 0 Å². The second-order valence-corrected chi connectivity index (χ2v) is 3.66. The number of imidazole rings is 1. The van der Waals surface area contributed by atoms with E-state index < -0.39 is 0 Å². The van der Waals surface area contributed by atoms with Gasteiger partial charge in [-0.15, -0.1) is 0 Å². The van der Waals surface area contributed by atoms with Gasteiger partial charge in [-0.2, -0.15) is 0 Å². The molecule has 0 saturated carbocycles. The highest BCUT2D eigenvalue weighted by Crippen LogP contribution is 2.14. The topological polar surface area (TPSA) is 17.8 Å². The van der Waals surface area contributed by atoms with Crippen molar-refractivity contribution < 1.29 is 0 Å². The molecule has 0 unspecified atom stereocenters. The molecule has 0 aliphatic carbocycles. The molecular formula is C10H16N2. The summed E-state index contributed by atoms with van der Waals surface area (Å²) in [5.41, 5.74) is 1.17. The Morgan fingerprint density at radius 3 is 3.00 bits per heavy atom. The second kappa shape index (κ2) is 3.30. The maximum atomic E-state index is 4.52. The molecule has 2 rings (SSSR count). The summed E-state index contributed by atoms with van der Waals surface area (Å²) in [5, 5.41) is 0. The number of fused-ring (bicyclic) bond motifs is 1. The molecule has 1 aromatic heterocycles. The maximum absolute atomic E-state index is 4.52. The average Bonchev–Trinajstić information content (AvgIpc) is 2.32. The molecule has 2 heterocycles. The lowest BCUT2D eigenvalue weighted by Gasteiger charge is -2.10. The Hall–Kier alpha value is -0.790. The zero-order chi connectivity index (χ0) is 8.39. The van der Waals surface area contributed by atoms with Crippen LogP contribution >= 0.6 is 0 Å². The van der Waals surface area contributed by atoms with Crippen molar-refractivity contribution in [2.24, 2.45) is 0 Å². The van der Waals surface area contributed by atoms with Crippen LogP contribution in [-0.4, -0.2) is 9.55 Å². The minimum absolute atomic E-state index is 1.17. The van der Waals surface area contributed by atoms with E-state index in [1.807, 2.05) is 0 Å². The lowest BCUT2D eigenvalue weighted by Crippen LogP contribution is -2.06. The predicted octanol–water partition coefficient (Wildman–Crippen LogP) is 2.31. The van der Waals surface area contributed by atoms with E-state index in [2.05, 4.69) is 22.7 Å². The molecule has 0 N–H and O–H groups in total. The van der Waals surface area contributed by atoms with Crippen LogP contribution in [0.2, 0.25) is 0 Å². The number of nitrogens with zero attached hydrogens (tertiary/aromatic N) is 2. The summed E-state index contributed by atoms with van der Waals surface area (Å²) in [6, 6.07) is 0. The quantitative estimate of drug-likeness (QED) is 0.575. The third-order valence-electron chi connectivity index (χ3n) is 2.53. The molecule has 66 valence electrons. The van der Waals surface area contributed by atoms with Crippen molar-refractivity contribution >= 4 is 0 Å². The summed E-state index contributed by atoms with van der Waals surface area (Å²) in [5.74, 6) is 1.30. The molecule has 0 amide bonds. The molecule has 2 heteroatoms. The number of aromatic nitrogens is 2. The van der Waals surface area contributed by atoms with Crippen molar-refractivity contribution in [1.29, 1.82) is 0 Å². The molecule has 0 atom stereocenters. The molecule has 0 spiro atoms. The fourth-order valence-corrected chi connectivity index (χ4v) is 1.91. The van der Waals surface area contributed by atoms with Crippen LogP contribution < -0.4 is 0 Å². The predicted molar refractivity (Wildman–Crippen MR) is 49.1 cm³/mol. The first-order valence-corrected chi connectivity index (χ1v) is 4.89. The van der Waals surface area contributed by atoms with E-state index in [1.54, 1.807) is 0 Å². The van der Waals surface area contributed by atoms with Gasteiger partial charge in [0, 0.05) is 19.2 Å². The molecule has 0 fully saturated rings. The Morgan fingerprint density at radius 2 is 2.08 bits per heavy atom. The van der Waals surface area contributed by atoms with E-state index in [-0.39, 0.29) is 0 Å². The first kappa shape index (κ1) is 7.84. The third kappa shape index (κ3) is 1.52. The van der Waals surface area contributed by atoms with Gasteiger partial charge in [0.15, 0.2) is 0 Å². The summed E-state index contributed by atoms with van der Waals surface area (Å²) < 4.78 is 2.33. The van der Waals surface area contributed by atoms with Crippen LogP contribution in [-0.2, 0) is 13.0 Å². The fraction of sp³-hybridized carbons (Fsp3) is 0.700. The first-order valence-electron chi connectivity index (χ1n) is 4.89. The van der Waals surface area contributed by atoms with Crippen molar-refractivity contribution in [3.8, 4) is 0 Å². The number of rotatable bonds is 0. The summed E-state index contributed by atoms with van der Waals surface area (Å²) in [7, 11) is 0. The zero-order valence-electron chi connectivity index (χ0n) is 7.71. The Kier molecular flexibility index (Phi) is 2.15. The first-order chi connectivity index (χ1) is 5.86. The average molecular weight is 164 g/mol. The summed E-state index contributed by atoms with van der Waals surface area (Å²) in [6.45, 7) is 3.26. The number of aryl methyl sites for hydroxylation is 3. The summed E-state index contributed by atoms with van der Waals surface area (Å²) in [6.07, 6.45) is 8.76. The van der Waals surface area contributed by atoms with E-state index in [9.17, 15) is 0 Å². The lowest BCUT2D eigenvalue weighted by atomic mass is 10.1. The van der Waals surface area contributed by atoms with Crippen LogP contribution in [0.5, 0.6) is 0 Å². The lowest BCUT2D eigenvalue weighted by molar-refractivity contribution is 0.516. The summed E-state index contributed by atoms with van der Waals surface area (Å²) >= 11 is 0. The Balaban J connectivity index is 2.23. The summed E-state index contributed by atoms with van der Waals surface area (Å²) in [4.78, 5) is 4.52. The molecule has 1 aromatic rings. The molecule has 0 aromatic carbocycles. The molecule has 12 heavy (non-hydrogen) atoms. The number of hydrogen-bond donors (Lipinski definition) is 0. The van der Waals surface area contributed by atoms with Crippen LogP contribution in [0.3, 0.4) is 0 Å². The van der Waals surface area contributed by atoms with Crippen molar-refractivity contribution in [2.75, 3.05) is 0 Å². The molecule has 0 bridgehead atoms. The highest BCUT2D eigenvalue weighted by molar-refractivity contribution is 5.02. The monoisotopic (exact) mass is 164 g/mol. The molecule has 0 saturated heterocycles.